The van der Waals surface area contributed by atoms with Gasteiger partial charge in [0.2, 0.25) is 0 Å². The number of hydrogen-bond acceptors (Lipinski definition) is 5. The van der Waals surface area contributed by atoms with Gasteiger partial charge in [0.05, 0.1) is 20.8 Å². The zero-order chi connectivity index (χ0) is 21.6. The third-order valence-corrected chi connectivity index (χ3v) is 4.82. The van der Waals surface area contributed by atoms with Crippen LogP contribution in [0.1, 0.15) is 56.5 Å². The van der Waals surface area contributed by atoms with Crippen LogP contribution in [0.5, 0.6) is 5.75 Å². The van der Waals surface area contributed by atoms with E-state index in [1.54, 1.807) is 12.1 Å². The van der Waals surface area contributed by atoms with Crippen LogP contribution < -0.4 is 15.4 Å². The predicted molar refractivity (Wildman–Crippen MR) is 119 cm³/mol. The molecule has 0 aromatic heterocycles. The lowest BCUT2D eigenvalue weighted by atomic mass is 10.1. The number of aliphatic imine (C=N–C) groups is 1. The Balaban J connectivity index is 2.73. The number of methoxy groups -OCH3 is 2. The fourth-order valence-electron chi connectivity index (χ4n) is 3.08. The van der Waals surface area contributed by atoms with Gasteiger partial charge in [-0.15, -0.1) is 0 Å². The van der Waals surface area contributed by atoms with Gasteiger partial charge in [0, 0.05) is 12.6 Å². The summed E-state index contributed by atoms with van der Waals surface area (Å²) in [6.07, 6.45) is 2.23. The van der Waals surface area contributed by atoms with Gasteiger partial charge in [-0.1, -0.05) is 19.9 Å². The summed E-state index contributed by atoms with van der Waals surface area (Å²) in [5.74, 6) is 0.856. The first-order valence-electron chi connectivity index (χ1n) is 10.5. The van der Waals surface area contributed by atoms with E-state index in [1.807, 2.05) is 13.0 Å². The largest absolute Gasteiger partial charge is 0.496 e. The average molecular weight is 407 g/mol. The number of rotatable bonds is 12. The van der Waals surface area contributed by atoms with Crippen LogP contribution >= 0.6 is 0 Å². The molecule has 1 aromatic carbocycles. The third kappa shape index (κ3) is 8.73. The van der Waals surface area contributed by atoms with Crippen LogP contribution in [-0.4, -0.2) is 63.3 Å². The number of nitrogens with one attached hydrogen (secondary N) is 2. The van der Waals surface area contributed by atoms with Gasteiger partial charge < -0.3 is 25.0 Å². The van der Waals surface area contributed by atoms with Crippen molar-refractivity contribution in [3.63, 3.8) is 0 Å². The fraction of sp³-hybridized carbons (Fsp3) is 0.636. The molecule has 0 aliphatic rings. The molecule has 0 heterocycles. The van der Waals surface area contributed by atoms with Crippen molar-refractivity contribution in [3.8, 4) is 5.75 Å². The highest BCUT2D eigenvalue weighted by molar-refractivity contribution is 5.92. The Bertz CT molecular complexity index is 645. The van der Waals surface area contributed by atoms with E-state index in [0.717, 1.165) is 50.5 Å². The minimum atomic E-state index is -0.417. The van der Waals surface area contributed by atoms with Crippen LogP contribution in [0.2, 0.25) is 0 Å². The van der Waals surface area contributed by atoms with E-state index in [4.69, 9.17) is 9.47 Å². The summed E-state index contributed by atoms with van der Waals surface area (Å²) in [7, 11) is 2.90. The number of carbonyl (C=O) groups excluding carboxylic acids is 1. The van der Waals surface area contributed by atoms with Gasteiger partial charge >= 0.3 is 5.97 Å². The first kappa shape index (κ1) is 24.8. The van der Waals surface area contributed by atoms with E-state index in [2.05, 4.69) is 41.3 Å². The highest BCUT2D eigenvalue weighted by Gasteiger charge is 2.13. The van der Waals surface area contributed by atoms with Crippen molar-refractivity contribution in [1.29, 1.82) is 0 Å². The quantitative estimate of drug-likeness (QED) is 0.316. The second kappa shape index (κ2) is 13.8. The Morgan fingerprint density at radius 1 is 1.21 bits per heavy atom. The van der Waals surface area contributed by atoms with Gasteiger partial charge in [0.25, 0.3) is 0 Å². The van der Waals surface area contributed by atoms with Crippen molar-refractivity contribution in [2.75, 3.05) is 40.4 Å². The number of carbonyl (C=O) groups is 1. The molecule has 0 saturated carbocycles. The lowest BCUT2D eigenvalue weighted by Gasteiger charge is -2.21. The second-order valence-electron chi connectivity index (χ2n) is 6.94. The molecule has 0 amide bonds. The van der Waals surface area contributed by atoms with Crippen molar-refractivity contribution in [2.45, 2.75) is 53.1 Å². The molecular weight excluding hydrogens is 368 g/mol. The molecule has 0 saturated heterocycles. The van der Waals surface area contributed by atoms with Gasteiger partial charge in [-0.2, -0.15) is 0 Å². The van der Waals surface area contributed by atoms with E-state index < -0.39 is 5.97 Å². The molecule has 2 N–H and O–H groups in total. The number of benzene rings is 1. The van der Waals surface area contributed by atoms with Gasteiger partial charge in [-0.25, -0.2) is 9.79 Å². The van der Waals surface area contributed by atoms with E-state index in [0.29, 0.717) is 23.9 Å². The van der Waals surface area contributed by atoms with Gasteiger partial charge in [-0.05, 0) is 64.0 Å². The molecule has 0 fully saturated rings. The molecule has 0 bridgehead atoms. The van der Waals surface area contributed by atoms with Crippen molar-refractivity contribution < 1.29 is 14.3 Å². The smallest absolute Gasteiger partial charge is 0.341 e. The first-order valence-corrected chi connectivity index (χ1v) is 10.5. The summed E-state index contributed by atoms with van der Waals surface area (Å²) in [5.41, 5.74) is 1.32. The van der Waals surface area contributed by atoms with E-state index in [-0.39, 0.29) is 0 Å². The maximum atomic E-state index is 12.0. The molecule has 7 nitrogen and oxygen atoms in total. The number of nitrogens with zero attached hydrogens (tertiary/aromatic N) is 2. The topological polar surface area (TPSA) is 75.2 Å². The summed E-state index contributed by atoms with van der Waals surface area (Å²) < 4.78 is 10.1. The zero-order valence-corrected chi connectivity index (χ0v) is 18.9. The van der Waals surface area contributed by atoms with Crippen molar-refractivity contribution in [1.82, 2.24) is 15.5 Å². The predicted octanol–water partition coefficient (Wildman–Crippen LogP) is 3.05. The first-order chi connectivity index (χ1) is 14.0. The normalized spacial score (nSPS) is 12.6. The summed E-state index contributed by atoms with van der Waals surface area (Å²) in [6, 6.07) is 5.77. The summed E-state index contributed by atoms with van der Waals surface area (Å²) in [4.78, 5) is 19.1. The molecule has 1 unspecified atom stereocenters. The maximum Gasteiger partial charge on any atom is 0.341 e. The molecule has 1 rings (SSSR count). The summed E-state index contributed by atoms with van der Waals surface area (Å²) in [6.45, 7) is 13.2. The molecule has 29 heavy (non-hydrogen) atoms. The van der Waals surface area contributed by atoms with Gasteiger partial charge in [0.1, 0.15) is 11.3 Å². The van der Waals surface area contributed by atoms with Gasteiger partial charge in [-0.3, -0.25) is 0 Å². The highest BCUT2D eigenvalue weighted by atomic mass is 16.5. The van der Waals surface area contributed by atoms with Crippen LogP contribution in [0.25, 0.3) is 0 Å². The van der Waals surface area contributed by atoms with E-state index in [9.17, 15) is 4.79 Å². The van der Waals surface area contributed by atoms with E-state index in [1.165, 1.54) is 14.2 Å². The van der Waals surface area contributed by atoms with Crippen LogP contribution in [0.3, 0.4) is 0 Å². The van der Waals surface area contributed by atoms with Crippen molar-refractivity contribution in [3.05, 3.63) is 29.3 Å². The zero-order valence-electron chi connectivity index (χ0n) is 18.9. The van der Waals surface area contributed by atoms with Crippen LogP contribution in [0, 0.1) is 0 Å². The monoisotopic (exact) mass is 406 g/mol. The summed E-state index contributed by atoms with van der Waals surface area (Å²) in [5, 5.41) is 6.76. The highest BCUT2D eigenvalue weighted by Crippen LogP contribution is 2.21. The molecule has 0 spiro atoms. The minimum Gasteiger partial charge on any atom is -0.496 e. The Hall–Kier alpha value is -2.28. The van der Waals surface area contributed by atoms with Crippen molar-refractivity contribution >= 4 is 11.9 Å². The Morgan fingerprint density at radius 3 is 2.52 bits per heavy atom. The molecule has 0 aliphatic carbocycles. The number of esters is 1. The molecule has 0 radical (unpaired) electrons. The minimum absolute atomic E-state index is 0.324. The Labute approximate surface area is 175 Å². The number of guanidine groups is 1. The fourth-order valence-corrected chi connectivity index (χ4v) is 3.08. The maximum absolute atomic E-state index is 12.0. The standard InChI is InChI=1S/C22H38N4O3/c1-7-23-22(25-17(4)11-10-14-26(8-2)9-3)24-16-18-12-13-20(28-5)19(15-18)21(27)29-6/h12-13,15,17H,7-11,14,16H2,1-6H3,(H2,23,24,25). The Kier molecular flexibility index (Phi) is 11.8. The molecule has 7 heteroatoms. The average Bonchev–Trinajstić information content (AvgIpc) is 2.74. The molecular formula is C22H38N4O3. The third-order valence-electron chi connectivity index (χ3n) is 4.82. The SMILES string of the molecule is CCNC(=NCc1ccc(OC)c(C(=O)OC)c1)NC(C)CCCN(CC)CC. The van der Waals surface area contributed by atoms with Gasteiger partial charge in [0.15, 0.2) is 5.96 Å². The van der Waals surface area contributed by atoms with Crippen LogP contribution in [0.4, 0.5) is 0 Å². The number of ether oxygens (including phenoxy) is 2. The lowest BCUT2D eigenvalue weighted by molar-refractivity contribution is 0.0597. The van der Waals surface area contributed by atoms with Crippen LogP contribution in [0.15, 0.2) is 23.2 Å². The second-order valence-corrected chi connectivity index (χ2v) is 6.94. The molecule has 1 atom stereocenters. The lowest BCUT2D eigenvalue weighted by Crippen LogP contribution is -2.42. The van der Waals surface area contributed by atoms with Crippen LogP contribution in [-0.2, 0) is 11.3 Å². The molecule has 1 aromatic rings. The van der Waals surface area contributed by atoms with E-state index >= 15 is 0 Å². The molecule has 0 aliphatic heterocycles. The molecule has 164 valence electrons. The number of hydrogen-bond donors (Lipinski definition) is 2. The summed E-state index contributed by atoms with van der Waals surface area (Å²) >= 11 is 0. The Morgan fingerprint density at radius 2 is 1.93 bits per heavy atom. The van der Waals surface area contributed by atoms with Crippen molar-refractivity contribution in [2.24, 2.45) is 4.99 Å².